The highest BCUT2D eigenvalue weighted by Crippen LogP contribution is 2.26. The number of benzene rings is 1. The van der Waals surface area contributed by atoms with Crippen LogP contribution in [0.15, 0.2) is 35.5 Å². The smallest absolute Gasteiger partial charge is 0.244 e. The number of imidazole rings is 1. The lowest BCUT2D eigenvalue weighted by molar-refractivity contribution is 0.451. The zero-order valence-corrected chi connectivity index (χ0v) is 12.7. The largest absolute Gasteiger partial charge is 0.399 e. The summed E-state index contributed by atoms with van der Waals surface area (Å²) in [4.78, 5) is 4.10. The van der Waals surface area contributed by atoms with Gasteiger partial charge in [0.2, 0.25) is 10.0 Å². The minimum atomic E-state index is -3.72. The van der Waals surface area contributed by atoms with Crippen molar-refractivity contribution in [3.05, 3.63) is 41.4 Å². The number of sulfonamides is 1. The maximum absolute atomic E-state index is 12.5. The maximum Gasteiger partial charge on any atom is 0.244 e. The number of nitrogens with zero attached hydrogens (tertiary/aromatic N) is 3. The Hall–Kier alpha value is -1.57. The molecule has 2 N–H and O–H groups in total. The number of nitrogens with two attached hydrogens (primary N) is 1. The number of aryl methyl sites for hydroxylation is 1. The fraction of sp³-hybridized carbons (Fsp3) is 0.250. The molecule has 0 amide bonds. The van der Waals surface area contributed by atoms with Crippen LogP contribution in [0, 0.1) is 0 Å². The molecule has 1 aromatic heterocycles. The van der Waals surface area contributed by atoms with Crippen LogP contribution in [0.1, 0.15) is 5.82 Å². The van der Waals surface area contributed by atoms with Crippen LogP contribution in [0.3, 0.4) is 0 Å². The van der Waals surface area contributed by atoms with Gasteiger partial charge in [-0.05, 0) is 18.2 Å². The number of anilines is 1. The third-order valence-corrected chi connectivity index (χ3v) is 5.21. The molecule has 0 bridgehead atoms. The van der Waals surface area contributed by atoms with E-state index in [-0.39, 0.29) is 16.5 Å². The van der Waals surface area contributed by atoms with Gasteiger partial charge in [0, 0.05) is 32.2 Å². The molecule has 0 aliphatic carbocycles. The summed E-state index contributed by atoms with van der Waals surface area (Å²) >= 11 is 5.96. The van der Waals surface area contributed by atoms with Crippen molar-refractivity contribution in [2.24, 2.45) is 7.05 Å². The SMILES string of the molecule is CN(Cc1nccn1C)S(=O)(=O)c1cc(N)ccc1Cl. The number of aromatic nitrogens is 2. The van der Waals surface area contributed by atoms with Gasteiger partial charge < -0.3 is 10.3 Å². The summed E-state index contributed by atoms with van der Waals surface area (Å²) in [5.74, 6) is 0.635. The Balaban J connectivity index is 2.35. The molecule has 6 nitrogen and oxygen atoms in total. The lowest BCUT2D eigenvalue weighted by Gasteiger charge is -2.18. The van der Waals surface area contributed by atoms with E-state index in [4.69, 9.17) is 17.3 Å². The van der Waals surface area contributed by atoms with Crippen molar-refractivity contribution in [3.8, 4) is 0 Å². The van der Waals surface area contributed by atoms with Crippen LogP contribution < -0.4 is 5.73 Å². The van der Waals surface area contributed by atoms with Crippen LogP contribution in [0.5, 0.6) is 0 Å². The van der Waals surface area contributed by atoms with Gasteiger partial charge in [-0.1, -0.05) is 11.6 Å². The highest BCUT2D eigenvalue weighted by atomic mass is 35.5. The standard InChI is InChI=1S/C12H15ClN4O2S/c1-16-6-5-15-12(16)8-17(2)20(18,19)11-7-9(14)3-4-10(11)13/h3-7H,8,14H2,1-2H3. The van der Waals surface area contributed by atoms with Gasteiger partial charge in [-0.2, -0.15) is 4.31 Å². The third-order valence-electron chi connectivity index (χ3n) is 2.93. The van der Waals surface area contributed by atoms with Crippen molar-refractivity contribution < 1.29 is 8.42 Å². The van der Waals surface area contributed by atoms with Crippen LogP contribution in [0.2, 0.25) is 5.02 Å². The van der Waals surface area contributed by atoms with Crippen molar-refractivity contribution in [2.75, 3.05) is 12.8 Å². The minimum Gasteiger partial charge on any atom is -0.399 e. The zero-order chi connectivity index (χ0) is 14.9. The first kappa shape index (κ1) is 14.8. The molecule has 1 aromatic carbocycles. The molecule has 0 atom stereocenters. The lowest BCUT2D eigenvalue weighted by Crippen LogP contribution is -2.28. The normalized spacial score (nSPS) is 12.0. The Kier molecular flexibility index (Phi) is 4.03. The monoisotopic (exact) mass is 314 g/mol. The summed E-state index contributed by atoms with van der Waals surface area (Å²) in [5, 5.41) is 0.144. The molecule has 0 aliphatic rings. The third kappa shape index (κ3) is 2.79. The van der Waals surface area contributed by atoms with E-state index in [1.807, 2.05) is 0 Å². The number of halogens is 1. The molecule has 0 radical (unpaired) electrons. The van der Waals surface area contributed by atoms with Crippen LogP contribution in [-0.4, -0.2) is 29.3 Å². The fourth-order valence-corrected chi connectivity index (χ4v) is 3.35. The number of nitrogen functional groups attached to an aromatic ring is 1. The van der Waals surface area contributed by atoms with Crippen molar-refractivity contribution in [1.82, 2.24) is 13.9 Å². The quantitative estimate of drug-likeness (QED) is 0.867. The Labute approximate surface area is 122 Å². The van der Waals surface area contributed by atoms with Gasteiger partial charge in [0.1, 0.15) is 10.7 Å². The van der Waals surface area contributed by atoms with Crippen LogP contribution in [-0.2, 0) is 23.6 Å². The van der Waals surface area contributed by atoms with Gasteiger partial charge in [-0.25, -0.2) is 13.4 Å². The molecule has 0 saturated carbocycles. The van der Waals surface area contributed by atoms with Gasteiger partial charge in [0.05, 0.1) is 11.6 Å². The second-order valence-electron chi connectivity index (χ2n) is 4.41. The molecule has 0 aliphatic heterocycles. The van der Waals surface area contributed by atoms with E-state index in [1.54, 1.807) is 30.1 Å². The molecule has 0 fully saturated rings. The molecular weight excluding hydrogens is 300 g/mol. The van der Waals surface area contributed by atoms with Crippen molar-refractivity contribution in [2.45, 2.75) is 11.4 Å². The Bertz CT molecular complexity index is 727. The Morgan fingerprint density at radius 1 is 1.45 bits per heavy atom. The summed E-state index contributed by atoms with van der Waals surface area (Å²) in [6.07, 6.45) is 3.37. The molecule has 0 unspecified atom stereocenters. The lowest BCUT2D eigenvalue weighted by atomic mass is 10.3. The summed E-state index contributed by atoms with van der Waals surface area (Å²) in [6.45, 7) is 0.150. The first-order chi connectivity index (χ1) is 9.32. The number of hydrogen-bond donors (Lipinski definition) is 1. The molecule has 8 heteroatoms. The van der Waals surface area contributed by atoms with E-state index < -0.39 is 10.0 Å². The van der Waals surface area contributed by atoms with E-state index in [9.17, 15) is 8.42 Å². The van der Waals surface area contributed by atoms with E-state index in [1.165, 1.54) is 23.5 Å². The van der Waals surface area contributed by atoms with E-state index in [0.29, 0.717) is 11.5 Å². The van der Waals surface area contributed by atoms with E-state index in [2.05, 4.69) is 4.98 Å². The van der Waals surface area contributed by atoms with Crippen molar-refractivity contribution >= 4 is 27.3 Å². The highest BCUT2D eigenvalue weighted by Gasteiger charge is 2.24. The topological polar surface area (TPSA) is 81.2 Å². The first-order valence-electron chi connectivity index (χ1n) is 5.80. The molecule has 20 heavy (non-hydrogen) atoms. The predicted molar refractivity (Wildman–Crippen MR) is 77.7 cm³/mol. The molecular formula is C12H15ClN4O2S. The first-order valence-corrected chi connectivity index (χ1v) is 7.61. The Morgan fingerprint density at radius 3 is 2.75 bits per heavy atom. The molecule has 2 rings (SSSR count). The summed E-state index contributed by atoms with van der Waals surface area (Å²) in [5.41, 5.74) is 5.97. The van der Waals surface area contributed by atoms with Gasteiger partial charge in [0.25, 0.3) is 0 Å². The Morgan fingerprint density at radius 2 is 2.15 bits per heavy atom. The van der Waals surface area contributed by atoms with Crippen LogP contribution in [0.4, 0.5) is 5.69 Å². The van der Waals surface area contributed by atoms with Crippen molar-refractivity contribution in [1.29, 1.82) is 0 Å². The predicted octanol–water partition coefficient (Wildman–Crippen LogP) is 1.48. The summed E-state index contributed by atoms with van der Waals surface area (Å²) in [6, 6.07) is 4.38. The highest BCUT2D eigenvalue weighted by molar-refractivity contribution is 7.89. The number of hydrogen-bond acceptors (Lipinski definition) is 4. The van der Waals surface area contributed by atoms with Gasteiger partial charge >= 0.3 is 0 Å². The average molecular weight is 315 g/mol. The zero-order valence-electron chi connectivity index (χ0n) is 11.1. The van der Waals surface area contributed by atoms with Gasteiger partial charge in [-0.3, -0.25) is 0 Å². The minimum absolute atomic E-state index is 0.00382. The van der Waals surface area contributed by atoms with Crippen LogP contribution >= 0.6 is 11.6 Å². The number of rotatable bonds is 4. The second kappa shape index (κ2) is 5.43. The molecule has 2 aromatic rings. The molecule has 1 heterocycles. The second-order valence-corrected chi connectivity index (χ2v) is 6.83. The van der Waals surface area contributed by atoms with E-state index >= 15 is 0 Å². The summed E-state index contributed by atoms with van der Waals surface area (Å²) < 4.78 is 27.9. The molecule has 0 spiro atoms. The fourth-order valence-electron chi connectivity index (χ4n) is 1.72. The van der Waals surface area contributed by atoms with Gasteiger partial charge in [0.15, 0.2) is 0 Å². The van der Waals surface area contributed by atoms with Gasteiger partial charge in [-0.15, -0.1) is 0 Å². The van der Waals surface area contributed by atoms with E-state index in [0.717, 1.165) is 0 Å². The average Bonchev–Trinajstić information content (AvgIpc) is 2.78. The summed E-state index contributed by atoms with van der Waals surface area (Å²) in [7, 11) is -0.439. The van der Waals surface area contributed by atoms with Crippen LogP contribution in [0.25, 0.3) is 0 Å². The molecule has 108 valence electrons. The molecule has 0 saturated heterocycles. The van der Waals surface area contributed by atoms with Crippen molar-refractivity contribution in [3.63, 3.8) is 0 Å². The maximum atomic E-state index is 12.5.